The molecule has 0 radical (unpaired) electrons. The summed E-state index contributed by atoms with van der Waals surface area (Å²) in [6, 6.07) is 0.642. The average Bonchev–Trinajstić information content (AvgIpc) is 2.74. The molecule has 0 fully saturated rings. The first-order valence-electron chi connectivity index (χ1n) is 4.29. The molecule has 1 unspecified atom stereocenters. The molecule has 0 aliphatic heterocycles. The zero-order valence-corrected chi connectivity index (χ0v) is 9.07. The first kappa shape index (κ1) is 13.0. The smallest absolute Gasteiger partial charge is 0.328 e. The fourth-order valence-corrected chi connectivity index (χ4v) is 1.67. The summed E-state index contributed by atoms with van der Waals surface area (Å²) >= 11 is 0.587. The maximum Gasteiger partial charge on any atom is 0.328 e. The highest BCUT2D eigenvalue weighted by Crippen LogP contribution is 2.23. The number of carboxylic acids is 1. The van der Waals surface area contributed by atoms with Crippen LogP contribution in [0.1, 0.15) is 9.67 Å². The molecule has 1 aromatic rings. The summed E-state index contributed by atoms with van der Waals surface area (Å²) in [6.45, 7) is -1.26. The number of thiophene rings is 1. The van der Waals surface area contributed by atoms with Crippen molar-refractivity contribution in [3.05, 3.63) is 27.1 Å². The fourth-order valence-electron chi connectivity index (χ4n) is 0.944. The van der Waals surface area contributed by atoms with Gasteiger partial charge in [0, 0.05) is 6.07 Å². The molecule has 0 spiro atoms. The monoisotopic (exact) mass is 262 g/mol. The summed E-state index contributed by atoms with van der Waals surface area (Å²) in [6.07, 6.45) is 0. The van der Waals surface area contributed by atoms with Crippen LogP contribution >= 0.6 is 11.3 Å². The number of hydrogen-bond donors (Lipinski definition) is 2. The maximum atomic E-state index is 12.2. The number of rotatable bonds is 5. The number of nitrogens with zero attached hydrogens (tertiary/aromatic N) is 1. The maximum absolute atomic E-state index is 12.2. The Hall–Kier alpha value is -2.03. The Labute approximate surface area is 98.0 Å². The zero-order chi connectivity index (χ0) is 13.0. The molecule has 0 saturated heterocycles. The molecule has 1 aromatic heterocycles. The van der Waals surface area contributed by atoms with Gasteiger partial charge in [0.05, 0.1) is 9.80 Å². The second kappa shape index (κ2) is 5.34. The minimum absolute atomic E-state index is 0.0450. The number of aliphatic carboxylic acids is 1. The third-order valence-electron chi connectivity index (χ3n) is 1.75. The molecule has 1 heterocycles. The van der Waals surface area contributed by atoms with Gasteiger partial charge in [0.1, 0.15) is 6.67 Å². The molecule has 0 aliphatic rings. The van der Waals surface area contributed by atoms with Gasteiger partial charge in [-0.15, -0.1) is 0 Å². The lowest BCUT2D eigenvalue weighted by Crippen LogP contribution is -2.42. The Balaban J connectivity index is 2.75. The minimum atomic E-state index is -1.65. The van der Waals surface area contributed by atoms with Crippen LogP contribution in [0.4, 0.5) is 9.39 Å². The lowest BCUT2D eigenvalue weighted by molar-refractivity contribution is -0.380. The van der Waals surface area contributed by atoms with Crippen molar-refractivity contribution in [3.8, 4) is 0 Å². The number of nitro groups is 1. The Morgan fingerprint density at radius 3 is 2.65 bits per heavy atom. The van der Waals surface area contributed by atoms with E-state index in [0.29, 0.717) is 11.3 Å². The van der Waals surface area contributed by atoms with E-state index in [9.17, 15) is 24.1 Å². The van der Waals surface area contributed by atoms with Crippen molar-refractivity contribution in [2.24, 2.45) is 0 Å². The van der Waals surface area contributed by atoms with E-state index >= 15 is 0 Å². The van der Waals surface area contributed by atoms with Gasteiger partial charge in [-0.05, 0) is 6.07 Å². The summed E-state index contributed by atoms with van der Waals surface area (Å²) in [5.41, 5.74) is 0. The summed E-state index contributed by atoms with van der Waals surface area (Å²) in [4.78, 5) is 31.5. The first-order valence-corrected chi connectivity index (χ1v) is 5.11. The number of amides is 1. The van der Waals surface area contributed by atoms with E-state index in [1.807, 2.05) is 5.32 Å². The van der Waals surface area contributed by atoms with Crippen molar-refractivity contribution < 1.29 is 24.0 Å². The third kappa shape index (κ3) is 3.21. The first-order chi connectivity index (χ1) is 7.95. The molecule has 9 heteroatoms. The van der Waals surface area contributed by atoms with Gasteiger partial charge in [0.25, 0.3) is 5.91 Å². The van der Waals surface area contributed by atoms with E-state index in [0.717, 1.165) is 6.07 Å². The van der Waals surface area contributed by atoms with Crippen molar-refractivity contribution >= 4 is 28.2 Å². The lowest BCUT2D eigenvalue weighted by atomic mass is 10.3. The van der Waals surface area contributed by atoms with Crippen molar-refractivity contribution in [1.82, 2.24) is 5.32 Å². The summed E-state index contributed by atoms with van der Waals surface area (Å²) < 4.78 is 12.2. The van der Waals surface area contributed by atoms with Crippen molar-refractivity contribution in [2.75, 3.05) is 6.67 Å². The van der Waals surface area contributed by atoms with Crippen LogP contribution in [0, 0.1) is 10.1 Å². The molecule has 0 bridgehead atoms. The lowest BCUT2D eigenvalue weighted by Gasteiger charge is -2.08. The van der Waals surface area contributed by atoms with Crippen LogP contribution in [0.25, 0.3) is 0 Å². The number of carbonyl (C=O) groups excluding carboxylic acids is 1. The molecule has 1 rings (SSSR count). The molecular formula is C8H7FN2O5S. The second-order valence-corrected chi connectivity index (χ2v) is 3.98. The summed E-state index contributed by atoms with van der Waals surface area (Å²) in [5.74, 6) is -2.36. The molecule has 0 aliphatic carbocycles. The Kier molecular flexibility index (Phi) is 4.10. The highest BCUT2D eigenvalue weighted by molar-refractivity contribution is 7.17. The standard InChI is InChI=1S/C8H7FN2O5S/c9-3-4(8(13)14)10-7(12)5-1-2-6(17-5)11(15)16/h1-2,4H,3H2,(H,10,12)(H,13,14). The van der Waals surface area contributed by atoms with Crippen LogP contribution in [0.2, 0.25) is 0 Å². The van der Waals surface area contributed by atoms with Crippen LogP contribution in [-0.4, -0.2) is 34.6 Å². The van der Waals surface area contributed by atoms with Crippen molar-refractivity contribution in [2.45, 2.75) is 6.04 Å². The van der Waals surface area contributed by atoms with E-state index in [1.165, 1.54) is 6.07 Å². The predicted molar refractivity (Wildman–Crippen MR) is 55.8 cm³/mol. The van der Waals surface area contributed by atoms with E-state index in [2.05, 4.69) is 0 Å². The van der Waals surface area contributed by atoms with E-state index in [4.69, 9.17) is 5.11 Å². The molecule has 1 atom stereocenters. The molecule has 17 heavy (non-hydrogen) atoms. The third-order valence-corrected chi connectivity index (χ3v) is 2.79. The van der Waals surface area contributed by atoms with E-state index in [-0.39, 0.29) is 9.88 Å². The average molecular weight is 262 g/mol. The molecule has 2 N–H and O–H groups in total. The highest BCUT2D eigenvalue weighted by Gasteiger charge is 2.22. The predicted octanol–water partition coefficient (Wildman–Crippen LogP) is 0.809. The van der Waals surface area contributed by atoms with Gasteiger partial charge < -0.3 is 10.4 Å². The van der Waals surface area contributed by atoms with Gasteiger partial charge in [-0.1, -0.05) is 11.3 Å². The second-order valence-electron chi connectivity index (χ2n) is 2.91. The van der Waals surface area contributed by atoms with Crippen LogP contribution in [0.3, 0.4) is 0 Å². The number of alkyl halides is 1. The molecule has 7 nitrogen and oxygen atoms in total. The minimum Gasteiger partial charge on any atom is -0.480 e. The Bertz CT molecular complexity index is 461. The van der Waals surface area contributed by atoms with Gasteiger partial charge in [0.15, 0.2) is 6.04 Å². The van der Waals surface area contributed by atoms with Crippen LogP contribution in [0.5, 0.6) is 0 Å². The topological polar surface area (TPSA) is 110 Å². The fraction of sp³-hybridized carbons (Fsp3) is 0.250. The number of halogens is 1. The van der Waals surface area contributed by atoms with E-state index in [1.54, 1.807) is 0 Å². The Morgan fingerprint density at radius 1 is 1.59 bits per heavy atom. The number of hydrogen-bond acceptors (Lipinski definition) is 5. The van der Waals surface area contributed by atoms with E-state index < -0.39 is 29.5 Å². The molecular weight excluding hydrogens is 255 g/mol. The Morgan fingerprint density at radius 2 is 2.24 bits per heavy atom. The largest absolute Gasteiger partial charge is 0.480 e. The van der Waals surface area contributed by atoms with Crippen LogP contribution < -0.4 is 5.32 Å². The number of carbonyl (C=O) groups is 2. The summed E-state index contributed by atoms with van der Waals surface area (Å²) in [5, 5.41) is 20.5. The van der Waals surface area contributed by atoms with Gasteiger partial charge in [-0.25, -0.2) is 9.18 Å². The molecule has 1 amide bonds. The zero-order valence-electron chi connectivity index (χ0n) is 8.25. The van der Waals surface area contributed by atoms with Gasteiger partial charge in [-0.2, -0.15) is 0 Å². The molecule has 92 valence electrons. The van der Waals surface area contributed by atoms with Crippen molar-refractivity contribution in [1.29, 1.82) is 0 Å². The number of carboxylic acid groups (broad SMARTS) is 1. The molecule has 0 saturated carbocycles. The molecule has 0 aromatic carbocycles. The summed E-state index contributed by atoms with van der Waals surface area (Å²) in [7, 11) is 0. The van der Waals surface area contributed by atoms with Crippen molar-refractivity contribution in [3.63, 3.8) is 0 Å². The normalized spacial score (nSPS) is 11.8. The van der Waals surface area contributed by atoms with Crippen LogP contribution in [0.15, 0.2) is 12.1 Å². The van der Waals surface area contributed by atoms with Gasteiger partial charge in [-0.3, -0.25) is 14.9 Å². The van der Waals surface area contributed by atoms with Gasteiger partial charge >= 0.3 is 11.0 Å². The van der Waals surface area contributed by atoms with Gasteiger partial charge in [0.2, 0.25) is 0 Å². The SMILES string of the molecule is O=C(NC(CF)C(=O)O)c1ccc([N+](=O)[O-])s1. The highest BCUT2D eigenvalue weighted by atomic mass is 32.1. The quantitative estimate of drug-likeness (QED) is 0.602. The number of nitrogens with one attached hydrogen (secondary N) is 1. The van der Waals surface area contributed by atoms with Crippen LogP contribution in [-0.2, 0) is 4.79 Å².